The first-order valence-corrected chi connectivity index (χ1v) is 3.89. The molecule has 1 atom stereocenters. The van der Waals surface area contributed by atoms with E-state index in [2.05, 4.69) is 5.32 Å². The standard InChI is InChI=1S/C7H14N2O2/c1-8-6-3-2-4-9(5-6)7(10)11/h6,8H,2-5H2,1H3,(H,10,11)/t6-/m0/s1. The lowest BCUT2D eigenvalue weighted by molar-refractivity contribution is 0.127. The number of carbonyl (C=O) groups is 1. The van der Waals surface area contributed by atoms with Gasteiger partial charge in [0.1, 0.15) is 0 Å². The molecule has 1 amide bonds. The van der Waals surface area contributed by atoms with Crippen molar-refractivity contribution in [3.63, 3.8) is 0 Å². The van der Waals surface area contributed by atoms with Gasteiger partial charge in [-0.15, -0.1) is 0 Å². The number of carboxylic acid groups (broad SMARTS) is 1. The van der Waals surface area contributed by atoms with Crippen molar-refractivity contribution in [3.05, 3.63) is 0 Å². The molecule has 0 aromatic carbocycles. The number of hydrogen-bond donors (Lipinski definition) is 2. The zero-order chi connectivity index (χ0) is 8.27. The molecule has 0 bridgehead atoms. The third-order valence-electron chi connectivity index (χ3n) is 2.10. The van der Waals surface area contributed by atoms with E-state index < -0.39 is 6.09 Å². The predicted molar refractivity (Wildman–Crippen MR) is 41.7 cm³/mol. The Kier molecular flexibility index (Phi) is 2.70. The first-order chi connectivity index (χ1) is 5.24. The zero-order valence-electron chi connectivity index (χ0n) is 6.71. The fraction of sp³-hybridized carbons (Fsp3) is 0.857. The van der Waals surface area contributed by atoms with Gasteiger partial charge in [-0.1, -0.05) is 0 Å². The van der Waals surface area contributed by atoms with Crippen LogP contribution in [0.4, 0.5) is 4.79 Å². The van der Waals surface area contributed by atoms with Gasteiger partial charge in [-0.05, 0) is 19.9 Å². The van der Waals surface area contributed by atoms with Gasteiger partial charge in [0.15, 0.2) is 0 Å². The van der Waals surface area contributed by atoms with Crippen molar-refractivity contribution in [1.82, 2.24) is 10.2 Å². The van der Waals surface area contributed by atoms with Gasteiger partial charge in [-0.3, -0.25) is 0 Å². The summed E-state index contributed by atoms with van der Waals surface area (Å²) in [5.41, 5.74) is 0. The summed E-state index contributed by atoms with van der Waals surface area (Å²) in [7, 11) is 1.87. The van der Waals surface area contributed by atoms with Gasteiger partial charge in [0.2, 0.25) is 0 Å². The summed E-state index contributed by atoms with van der Waals surface area (Å²) < 4.78 is 0. The van der Waals surface area contributed by atoms with Crippen LogP contribution in [0.3, 0.4) is 0 Å². The van der Waals surface area contributed by atoms with E-state index in [1.165, 1.54) is 4.90 Å². The first kappa shape index (κ1) is 8.33. The Labute approximate surface area is 66.2 Å². The summed E-state index contributed by atoms with van der Waals surface area (Å²) in [4.78, 5) is 12.0. The molecule has 0 aliphatic carbocycles. The Morgan fingerprint density at radius 1 is 1.73 bits per heavy atom. The largest absolute Gasteiger partial charge is 0.465 e. The molecule has 64 valence electrons. The third-order valence-corrected chi connectivity index (χ3v) is 2.10. The summed E-state index contributed by atoms with van der Waals surface area (Å²) in [5, 5.41) is 11.7. The summed E-state index contributed by atoms with van der Waals surface area (Å²) in [6, 6.07) is 0.347. The third kappa shape index (κ3) is 2.08. The van der Waals surface area contributed by atoms with E-state index in [-0.39, 0.29) is 0 Å². The Morgan fingerprint density at radius 3 is 3.00 bits per heavy atom. The topological polar surface area (TPSA) is 52.6 Å². The molecular weight excluding hydrogens is 144 g/mol. The van der Waals surface area contributed by atoms with Crippen molar-refractivity contribution in [2.45, 2.75) is 18.9 Å². The Morgan fingerprint density at radius 2 is 2.45 bits per heavy atom. The zero-order valence-corrected chi connectivity index (χ0v) is 6.71. The van der Waals surface area contributed by atoms with Crippen LogP contribution in [0, 0.1) is 0 Å². The highest BCUT2D eigenvalue weighted by molar-refractivity contribution is 5.65. The van der Waals surface area contributed by atoms with E-state index in [1.54, 1.807) is 0 Å². The number of likely N-dealkylation sites (tertiary alicyclic amines) is 1. The van der Waals surface area contributed by atoms with Crippen LogP contribution in [0.5, 0.6) is 0 Å². The van der Waals surface area contributed by atoms with Crippen molar-refractivity contribution in [2.24, 2.45) is 0 Å². The number of nitrogens with zero attached hydrogens (tertiary/aromatic N) is 1. The monoisotopic (exact) mass is 158 g/mol. The van der Waals surface area contributed by atoms with Crippen LogP contribution in [-0.4, -0.2) is 42.3 Å². The molecule has 1 fully saturated rings. The lowest BCUT2D eigenvalue weighted by Gasteiger charge is -2.30. The second kappa shape index (κ2) is 3.57. The van der Waals surface area contributed by atoms with Crippen molar-refractivity contribution >= 4 is 6.09 Å². The molecule has 4 nitrogen and oxygen atoms in total. The van der Waals surface area contributed by atoms with E-state index in [0.717, 1.165) is 12.8 Å². The predicted octanol–water partition coefficient (Wildman–Crippen LogP) is 0.348. The molecule has 0 aromatic rings. The second-order valence-electron chi connectivity index (χ2n) is 2.86. The SMILES string of the molecule is CN[C@H]1CCCN(C(=O)O)C1. The van der Waals surface area contributed by atoms with E-state index >= 15 is 0 Å². The van der Waals surface area contributed by atoms with Gasteiger partial charge in [0, 0.05) is 19.1 Å². The molecule has 0 saturated carbocycles. The van der Waals surface area contributed by atoms with Gasteiger partial charge in [0.25, 0.3) is 0 Å². The quantitative estimate of drug-likeness (QED) is 0.579. The fourth-order valence-corrected chi connectivity index (χ4v) is 1.39. The molecule has 1 aliphatic rings. The Balaban J connectivity index is 2.39. The minimum Gasteiger partial charge on any atom is -0.465 e. The van der Waals surface area contributed by atoms with Crippen LogP contribution < -0.4 is 5.32 Å². The molecule has 0 aromatic heterocycles. The molecular formula is C7H14N2O2. The van der Waals surface area contributed by atoms with Gasteiger partial charge in [0.05, 0.1) is 0 Å². The maximum absolute atomic E-state index is 10.5. The average Bonchev–Trinajstić information content (AvgIpc) is 2.05. The van der Waals surface area contributed by atoms with Crippen LogP contribution in [0.25, 0.3) is 0 Å². The van der Waals surface area contributed by atoms with E-state index in [0.29, 0.717) is 19.1 Å². The molecule has 1 saturated heterocycles. The summed E-state index contributed by atoms with van der Waals surface area (Å²) in [6.45, 7) is 1.32. The smallest absolute Gasteiger partial charge is 0.407 e. The highest BCUT2D eigenvalue weighted by atomic mass is 16.4. The molecule has 1 heterocycles. The minimum atomic E-state index is -0.801. The van der Waals surface area contributed by atoms with Gasteiger partial charge < -0.3 is 15.3 Å². The van der Waals surface area contributed by atoms with Crippen LogP contribution in [-0.2, 0) is 0 Å². The van der Waals surface area contributed by atoms with Crippen LogP contribution in [0.2, 0.25) is 0 Å². The molecule has 4 heteroatoms. The highest BCUT2D eigenvalue weighted by Crippen LogP contribution is 2.08. The lowest BCUT2D eigenvalue weighted by atomic mass is 10.1. The molecule has 0 unspecified atom stereocenters. The Bertz CT molecular complexity index is 149. The van der Waals surface area contributed by atoms with Crippen molar-refractivity contribution in [1.29, 1.82) is 0 Å². The van der Waals surface area contributed by atoms with Crippen LogP contribution in [0.15, 0.2) is 0 Å². The van der Waals surface area contributed by atoms with Gasteiger partial charge in [-0.25, -0.2) is 4.79 Å². The van der Waals surface area contributed by atoms with Crippen LogP contribution >= 0.6 is 0 Å². The number of likely N-dealkylation sites (N-methyl/N-ethyl adjacent to an activating group) is 1. The molecule has 11 heavy (non-hydrogen) atoms. The highest BCUT2D eigenvalue weighted by Gasteiger charge is 2.21. The van der Waals surface area contributed by atoms with E-state index in [9.17, 15) is 4.79 Å². The van der Waals surface area contributed by atoms with Gasteiger partial charge >= 0.3 is 6.09 Å². The maximum Gasteiger partial charge on any atom is 0.407 e. The summed E-state index contributed by atoms with van der Waals surface area (Å²) >= 11 is 0. The van der Waals surface area contributed by atoms with E-state index in [1.807, 2.05) is 7.05 Å². The normalized spacial score (nSPS) is 25.2. The number of rotatable bonds is 1. The summed E-state index contributed by atoms with van der Waals surface area (Å²) in [6.07, 6.45) is 1.25. The number of nitrogens with one attached hydrogen (secondary N) is 1. The van der Waals surface area contributed by atoms with Crippen molar-refractivity contribution in [3.8, 4) is 0 Å². The number of hydrogen-bond acceptors (Lipinski definition) is 2. The molecule has 0 radical (unpaired) electrons. The number of piperidine rings is 1. The summed E-state index contributed by atoms with van der Waals surface area (Å²) in [5.74, 6) is 0. The van der Waals surface area contributed by atoms with Crippen molar-refractivity contribution < 1.29 is 9.90 Å². The molecule has 0 spiro atoms. The lowest BCUT2D eigenvalue weighted by Crippen LogP contribution is -2.46. The Hall–Kier alpha value is -0.770. The average molecular weight is 158 g/mol. The first-order valence-electron chi connectivity index (χ1n) is 3.89. The molecule has 1 rings (SSSR count). The maximum atomic E-state index is 10.5. The van der Waals surface area contributed by atoms with Gasteiger partial charge in [-0.2, -0.15) is 0 Å². The minimum absolute atomic E-state index is 0.347. The van der Waals surface area contributed by atoms with Crippen LogP contribution in [0.1, 0.15) is 12.8 Å². The van der Waals surface area contributed by atoms with E-state index in [4.69, 9.17) is 5.11 Å². The molecule has 2 N–H and O–H groups in total. The van der Waals surface area contributed by atoms with Crippen molar-refractivity contribution in [2.75, 3.05) is 20.1 Å². The number of amides is 1. The fourth-order valence-electron chi connectivity index (χ4n) is 1.39. The second-order valence-corrected chi connectivity index (χ2v) is 2.86. The molecule has 1 aliphatic heterocycles.